The van der Waals surface area contributed by atoms with Crippen LogP contribution in [0.25, 0.3) is 0 Å². The molecule has 2 heterocycles. The number of aliphatic hydroxyl groups excluding tert-OH is 1. The minimum atomic E-state index is -0.938. The second-order valence-corrected chi connectivity index (χ2v) is 6.61. The molecule has 1 atom stereocenters. The van der Waals surface area contributed by atoms with E-state index in [4.69, 9.17) is 4.74 Å². The molecule has 0 fully saturated rings. The second kappa shape index (κ2) is 7.17. The van der Waals surface area contributed by atoms with Gasteiger partial charge in [0, 0.05) is 22.6 Å². The lowest BCUT2D eigenvalue weighted by atomic mass is 10.0. The van der Waals surface area contributed by atoms with Gasteiger partial charge in [-0.3, -0.25) is 5.43 Å². The van der Waals surface area contributed by atoms with E-state index in [1.165, 1.54) is 5.56 Å². The fourth-order valence-electron chi connectivity index (χ4n) is 3.19. The summed E-state index contributed by atoms with van der Waals surface area (Å²) in [7, 11) is 0. The van der Waals surface area contributed by atoms with Crippen LogP contribution in [-0.4, -0.2) is 23.7 Å². The van der Waals surface area contributed by atoms with E-state index in [1.54, 1.807) is 0 Å². The first-order chi connectivity index (χ1) is 13.1. The van der Waals surface area contributed by atoms with Crippen molar-refractivity contribution in [3.63, 3.8) is 0 Å². The Morgan fingerprint density at radius 2 is 1.96 bits per heavy atom. The van der Waals surface area contributed by atoms with Crippen LogP contribution in [0, 0.1) is 0 Å². The third kappa shape index (κ3) is 3.66. The van der Waals surface area contributed by atoms with Crippen molar-refractivity contribution in [1.82, 2.24) is 5.43 Å². The zero-order chi connectivity index (χ0) is 18.8. The van der Waals surface area contributed by atoms with Crippen LogP contribution >= 0.6 is 0 Å². The average Bonchev–Trinajstić information content (AvgIpc) is 2.99. The van der Waals surface area contributed by atoms with E-state index < -0.39 is 6.23 Å². The lowest BCUT2D eigenvalue weighted by Gasteiger charge is -2.21. The van der Waals surface area contributed by atoms with E-state index in [9.17, 15) is 5.11 Å². The van der Waals surface area contributed by atoms with E-state index >= 15 is 0 Å². The summed E-state index contributed by atoms with van der Waals surface area (Å²) in [5.74, 6) is 0.717. The number of aryl methyl sites for hydroxylation is 1. The number of rotatable bonds is 5. The normalized spacial score (nSPS) is 17.6. The molecule has 2 aliphatic heterocycles. The number of benzene rings is 2. The number of hydrogen-bond donors (Lipinski definition) is 4. The molecule has 6 heteroatoms. The van der Waals surface area contributed by atoms with E-state index in [0.717, 1.165) is 35.5 Å². The topological polar surface area (TPSA) is 77.9 Å². The molecule has 6 nitrogen and oxygen atoms in total. The molecule has 0 bridgehead atoms. The fraction of sp³-hybridized carbons (Fsp3) is 0.190. The number of nitrogens with zero attached hydrogens (tertiary/aromatic N) is 1. The van der Waals surface area contributed by atoms with Crippen molar-refractivity contribution in [3.05, 3.63) is 78.1 Å². The first-order valence-corrected chi connectivity index (χ1v) is 8.87. The molecule has 27 heavy (non-hydrogen) atoms. The molecule has 2 aromatic rings. The van der Waals surface area contributed by atoms with Crippen LogP contribution in [0.2, 0.25) is 0 Å². The van der Waals surface area contributed by atoms with Gasteiger partial charge >= 0.3 is 0 Å². The number of para-hydroxylation sites is 1. The maximum Gasteiger partial charge on any atom is 0.173 e. The van der Waals surface area contributed by atoms with Gasteiger partial charge in [-0.05, 0) is 42.7 Å². The Morgan fingerprint density at radius 1 is 1.11 bits per heavy atom. The molecule has 0 saturated carbocycles. The minimum absolute atomic E-state index is 0.0806. The number of hydrazone groups is 1. The second-order valence-electron chi connectivity index (χ2n) is 6.61. The zero-order valence-electron chi connectivity index (χ0n) is 15.0. The third-order valence-electron chi connectivity index (χ3n) is 4.57. The molecule has 0 aliphatic carbocycles. The summed E-state index contributed by atoms with van der Waals surface area (Å²) in [6.45, 7) is 8.00. The number of hydrogen-bond acceptors (Lipinski definition) is 6. The Morgan fingerprint density at radius 3 is 2.85 bits per heavy atom. The van der Waals surface area contributed by atoms with Gasteiger partial charge in [-0.2, -0.15) is 5.10 Å². The lowest BCUT2D eigenvalue weighted by Crippen LogP contribution is -2.31. The predicted molar refractivity (Wildman–Crippen MR) is 108 cm³/mol. The summed E-state index contributed by atoms with van der Waals surface area (Å²) in [5.41, 5.74) is 9.30. The molecular weight excluding hydrogens is 340 g/mol. The molecule has 0 saturated heterocycles. The number of aliphatic hydroxyl groups is 1. The van der Waals surface area contributed by atoms with Gasteiger partial charge in [0.25, 0.3) is 0 Å². The van der Waals surface area contributed by atoms with Crippen LogP contribution in [0.5, 0.6) is 5.75 Å². The first-order valence-electron chi connectivity index (χ1n) is 8.87. The summed E-state index contributed by atoms with van der Waals surface area (Å²) in [6.07, 6.45) is 0.908. The van der Waals surface area contributed by atoms with Crippen LogP contribution in [0.15, 0.2) is 72.1 Å². The summed E-state index contributed by atoms with van der Waals surface area (Å²) >= 11 is 0. The summed E-state index contributed by atoms with van der Waals surface area (Å²) in [6, 6.07) is 13.6. The van der Waals surface area contributed by atoms with E-state index in [1.807, 2.05) is 42.5 Å². The van der Waals surface area contributed by atoms with Crippen molar-refractivity contribution in [2.75, 3.05) is 17.2 Å². The highest BCUT2D eigenvalue weighted by Crippen LogP contribution is 2.29. The van der Waals surface area contributed by atoms with Gasteiger partial charge in [-0.25, -0.2) is 0 Å². The van der Waals surface area contributed by atoms with Gasteiger partial charge in [0.2, 0.25) is 0 Å². The van der Waals surface area contributed by atoms with Crippen molar-refractivity contribution in [1.29, 1.82) is 0 Å². The molecular formula is C21H22N4O2. The maximum atomic E-state index is 10.2. The number of nitrogens with one attached hydrogen (secondary N) is 3. The van der Waals surface area contributed by atoms with Crippen molar-refractivity contribution < 1.29 is 9.84 Å². The Labute approximate surface area is 158 Å². The molecule has 4 N–H and O–H groups in total. The van der Waals surface area contributed by atoms with Crippen molar-refractivity contribution in [2.24, 2.45) is 5.10 Å². The van der Waals surface area contributed by atoms with Crippen LogP contribution < -0.4 is 20.8 Å². The summed E-state index contributed by atoms with van der Waals surface area (Å²) in [4.78, 5) is 0. The summed E-state index contributed by atoms with van der Waals surface area (Å²) < 4.78 is 5.70. The first kappa shape index (κ1) is 17.2. The number of anilines is 2. The van der Waals surface area contributed by atoms with Crippen LogP contribution in [-0.2, 0) is 6.42 Å². The zero-order valence-corrected chi connectivity index (χ0v) is 15.0. The minimum Gasteiger partial charge on any atom is -0.489 e. The third-order valence-corrected chi connectivity index (χ3v) is 4.57. The number of allylic oxidation sites excluding steroid dienone is 2. The van der Waals surface area contributed by atoms with Crippen LogP contribution in [0.4, 0.5) is 11.4 Å². The van der Waals surface area contributed by atoms with Crippen molar-refractivity contribution in [3.8, 4) is 5.75 Å². The Kier molecular flexibility index (Phi) is 4.56. The average molecular weight is 362 g/mol. The highest BCUT2D eigenvalue weighted by molar-refractivity contribution is 6.21. The van der Waals surface area contributed by atoms with Crippen LogP contribution in [0.3, 0.4) is 0 Å². The van der Waals surface area contributed by atoms with Gasteiger partial charge in [0.05, 0.1) is 5.70 Å². The van der Waals surface area contributed by atoms with E-state index in [0.29, 0.717) is 17.2 Å². The molecule has 138 valence electrons. The smallest absolute Gasteiger partial charge is 0.173 e. The molecule has 2 aromatic carbocycles. The fourth-order valence-corrected chi connectivity index (χ4v) is 3.19. The highest BCUT2D eigenvalue weighted by atomic mass is 16.5. The van der Waals surface area contributed by atoms with E-state index in [-0.39, 0.29) is 6.61 Å². The quantitative estimate of drug-likeness (QED) is 0.485. The van der Waals surface area contributed by atoms with Crippen LogP contribution in [0.1, 0.15) is 17.5 Å². The largest absolute Gasteiger partial charge is 0.489 e. The summed E-state index contributed by atoms with van der Waals surface area (Å²) in [5, 5.41) is 20.9. The van der Waals surface area contributed by atoms with Crippen molar-refractivity contribution >= 4 is 17.1 Å². The maximum absolute atomic E-state index is 10.2. The molecule has 0 radical (unpaired) electrons. The van der Waals surface area contributed by atoms with Gasteiger partial charge in [-0.15, -0.1) is 0 Å². The Balaban J connectivity index is 1.36. The van der Waals surface area contributed by atoms with Gasteiger partial charge in [0.15, 0.2) is 6.23 Å². The number of fused-ring (bicyclic) bond motifs is 2. The molecule has 0 spiro atoms. The molecule has 0 amide bonds. The Hall–Kier alpha value is -3.25. The SMILES string of the molecule is C=C1CCc2cc(OCC(O)N/N=C3\C(=C)Nc4ccccc43)ccc2N1. The molecule has 4 rings (SSSR count). The highest BCUT2D eigenvalue weighted by Gasteiger charge is 2.20. The monoisotopic (exact) mass is 362 g/mol. The molecule has 2 aliphatic rings. The standard InChI is InChI=1S/C21H22N4O2/c1-13-7-8-15-11-16(9-10-18(15)22-13)27-12-20(26)24-25-21-14(2)23-19-6-4-3-5-17(19)21/h3-6,9-11,20,22-24,26H,1-2,7-8,12H2/b25-21+. The van der Waals surface area contributed by atoms with Gasteiger partial charge < -0.3 is 20.5 Å². The van der Waals surface area contributed by atoms with Crippen molar-refractivity contribution in [2.45, 2.75) is 19.1 Å². The number of ether oxygens (including phenoxy) is 1. The predicted octanol–water partition coefficient (Wildman–Crippen LogP) is 3.19. The lowest BCUT2D eigenvalue weighted by molar-refractivity contribution is 0.0801. The molecule has 1 unspecified atom stereocenters. The molecule has 0 aromatic heterocycles. The van der Waals surface area contributed by atoms with Gasteiger partial charge in [-0.1, -0.05) is 31.4 Å². The van der Waals surface area contributed by atoms with Gasteiger partial charge in [0.1, 0.15) is 18.1 Å². The van der Waals surface area contributed by atoms with E-state index in [2.05, 4.69) is 34.3 Å². The Bertz CT molecular complexity index is 936.